The minimum atomic E-state index is -0.533. The third-order valence-electron chi connectivity index (χ3n) is 3.01. The topological polar surface area (TPSA) is 121 Å². The highest BCUT2D eigenvalue weighted by molar-refractivity contribution is 5.93. The van der Waals surface area contributed by atoms with E-state index in [-0.39, 0.29) is 0 Å². The first-order valence-electron chi connectivity index (χ1n) is 6.35. The van der Waals surface area contributed by atoms with Crippen LogP contribution in [0, 0.1) is 11.3 Å². The molecule has 0 bridgehead atoms. The van der Waals surface area contributed by atoms with E-state index in [1.165, 1.54) is 6.08 Å². The van der Waals surface area contributed by atoms with Crippen molar-refractivity contribution in [2.45, 2.75) is 0 Å². The van der Waals surface area contributed by atoms with Crippen molar-refractivity contribution in [3.63, 3.8) is 0 Å². The molecular formula is C15H10N6O. The Bertz CT molecular complexity index is 917. The number of nitrogens with two attached hydrogens (primary N) is 1. The highest BCUT2D eigenvalue weighted by Crippen LogP contribution is 2.21. The van der Waals surface area contributed by atoms with Crippen molar-refractivity contribution in [3.05, 3.63) is 48.1 Å². The molecule has 0 fully saturated rings. The molecule has 0 saturated carbocycles. The second-order valence-electron chi connectivity index (χ2n) is 4.48. The average molecular weight is 290 g/mol. The maximum atomic E-state index is 10.8. The predicted octanol–water partition coefficient (Wildman–Crippen LogP) is 1.39. The highest BCUT2D eigenvalue weighted by atomic mass is 16.1. The maximum Gasteiger partial charge on any atom is 0.241 e. The van der Waals surface area contributed by atoms with Crippen LogP contribution in [0.1, 0.15) is 11.3 Å². The normalized spacial score (nSPS) is 10.9. The maximum absolute atomic E-state index is 10.8. The van der Waals surface area contributed by atoms with Crippen LogP contribution in [0.25, 0.3) is 28.5 Å². The van der Waals surface area contributed by atoms with Gasteiger partial charge in [-0.05, 0) is 18.2 Å². The molecule has 0 unspecified atom stereocenters. The standard InChI is InChI=1S/C15H10N6O/c16-5-11-3-1-9(6-18-11)12-8-20-15-14(21-12)10(7-19-15)2-4-13(17)22/h1-4,6-8H,(H2,17,22)(H,19,20). The quantitative estimate of drug-likeness (QED) is 0.706. The first-order valence-corrected chi connectivity index (χ1v) is 6.35. The second kappa shape index (κ2) is 5.46. The van der Waals surface area contributed by atoms with E-state index in [0.717, 1.165) is 5.56 Å². The van der Waals surface area contributed by atoms with E-state index in [9.17, 15) is 4.79 Å². The van der Waals surface area contributed by atoms with E-state index in [1.807, 2.05) is 6.07 Å². The molecule has 3 N–H and O–H groups in total. The Morgan fingerprint density at radius 1 is 1.32 bits per heavy atom. The van der Waals surface area contributed by atoms with E-state index in [4.69, 9.17) is 11.0 Å². The third-order valence-corrected chi connectivity index (χ3v) is 3.01. The molecule has 0 aliphatic heterocycles. The van der Waals surface area contributed by atoms with Gasteiger partial charge in [0.25, 0.3) is 0 Å². The number of primary amides is 1. The Morgan fingerprint density at radius 3 is 2.86 bits per heavy atom. The van der Waals surface area contributed by atoms with Crippen LogP contribution in [-0.4, -0.2) is 25.8 Å². The van der Waals surface area contributed by atoms with Crippen molar-refractivity contribution in [3.8, 4) is 17.3 Å². The van der Waals surface area contributed by atoms with E-state index in [2.05, 4.69) is 19.9 Å². The fourth-order valence-electron chi connectivity index (χ4n) is 1.96. The number of amides is 1. The Balaban J connectivity index is 2.06. The first-order chi connectivity index (χ1) is 10.7. The minimum Gasteiger partial charge on any atom is -0.366 e. The van der Waals surface area contributed by atoms with Gasteiger partial charge in [0.05, 0.1) is 11.9 Å². The molecule has 0 saturated heterocycles. The molecular weight excluding hydrogens is 280 g/mol. The molecule has 3 aromatic heterocycles. The Morgan fingerprint density at radius 2 is 2.18 bits per heavy atom. The van der Waals surface area contributed by atoms with Gasteiger partial charge in [0.2, 0.25) is 5.91 Å². The zero-order valence-electron chi connectivity index (χ0n) is 11.3. The van der Waals surface area contributed by atoms with E-state index < -0.39 is 5.91 Å². The number of nitrogens with zero attached hydrogens (tertiary/aromatic N) is 4. The molecule has 3 heterocycles. The second-order valence-corrected chi connectivity index (χ2v) is 4.48. The van der Waals surface area contributed by atoms with Crippen LogP contribution in [0.15, 0.2) is 36.8 Å². The summed E-state index contributed by atoms with van der Waals surface area (Å²) in [4.78, 5) is 26.6. The van der Waals surface area contributed by atoms with Crippen molar-refractivity contribution in [1.29, 1.82) is 5.26 Å². The monoisotopic (exact) mass is 290 g/mol. The molecule has 0 radical (unpaired) electrons. The van der Waals surface area contributed by atoms with Gasteiger partial charge in [-0.25, -0.2) is 15.0 Å². The molecule has 0 spiro atoms. The molecule has 1 amide bonds. The van der Waals surface area contributed by atoms with Gasteiger partial charge in [-0.2, -0.15) is 5.26 Å². The van der Waals surface area contributed by atoms with Gasteiger partial charge < -0.3 is 10.7 Å². The highest BCUT2D eigenvalue weighted by Gasteiger charge is 2.08. The summed E-state index contributed by atoms with van der Waals surface area (Å²) in [7, 11) is 0. The van der Waals surface area contributed by atoms with E-state index in [1.54, 1.807) is 36.8 Å². The predicted molar refractivity (Wildman–Crippen MR) is 80.1 cm³/mol. The van der Waals surface area contributed by atoms with Crippen LogP contribution < -0.4 is 5.73 Å². The molecule has 22 heavy (non-hydrogen) atoms. The Hall–Kier alpha value is -3.53. The summed E-state index contributed by atoms with van der Waals surface area (Å²) in [6.45, 7) is 0. The van der Waals surface area contributed by atoms with E-state index >= 15 is 0 Å². The molecule has 7 heteroatoms. The number of nitrogens with one attached hydrogen (secondary N) is 1. The summed E-state index contributed by atoms with van der Waals surface area (Å²) in [5.41, 5.74) is 8.75. The van der Waals surface area contributed by atoms with Gasteiger partial charge in [-0.3, -0.25) is 4.79 Å². The van der Waals surface area contributed by atoms with Gasteiger partial charge in [0.1, 0.15) is 17.3 Å². The van der Waals surface area contributed by atoms with Crippen molar-refractivity contribution in [2.24, 2.45) is 5.73 Å². The number of pyridine rings is 1. The number of aromatic amines is 1. The fourth-order valence-corrected chi connectivity index (χ4v) is 1.96. The molecule has 0 aliphatic carbocycles. The zero-order valence-corrected chi connectivity index (χ0v) is 11.3. The van der Waals surface area contributed by atoms with Crippen LogP contribution in [0.5, 0.6) is 0 Å². The molecule has 0 atom stereocenters. The minimum absolute atomic E-state index is 0.338. The number of hydrogen-bond acceptors (Lipinski definition) is 5. The van der Waals surface area contributed by atoms with Crippen LogP contribution in [0.4, 0.5) is 0 Å². The number of nitriles is 1. The van der Waals surface area contributed by atoms with Crippen LogP contribution in [0.3, 0.4) is 0 Å². The molecule has 7 nitrogen and oxygen atoms in total. The molecule has 3 aromatic rings. The SMILES string of the molecule is N#Cc1ccc(-c2cnc3[nH]cc(C=CC(N)=O)c3n2)cn1. The van der Waals surface area contributed by atoms with Crippen molar-refractivity contribution in [1.82, 2.24) is 19.9 Å². The van der Waals surface area contributed by atoms with Crippen molar-refractivity contribution >= 4 is 23.1 Å². The number of fused-ring (bicyclic) bond motifs is 1. The molecule has 106 valence electrons. The van der Waals surface area contributed by atoms with Gasteiger partial charge in [0.15, 0.2) is 5.65 Å². The smallest absolute Gasteiger partial charge is 0.241 e. The number of H-pyrrole nitrogens is 1. The lowest BCUT2D eigenvalue weighted by Gasteiger charge is -2.00. The van der Waals surface area contributed by atoms with Crippen LogP contribution in [-0.2, 0) is 4.79 Å². The Labute approximate surface area is 125 Å². The van der Waals surface area contributed by atoms with E-state index in [0.29, 0.717) is 28.1 Å². The lowest BCUT2D eigenvalue weighted by Crippen LogP contribution is -2.05. The summed E-state index contributed by atoms with van der Waals surface area (Å²) in [5.74, 6) is -0.533. The number of aromatic nitrogens is 4. The van der Waals surface area contributed by atoms with Crippen LogP contribution in [0.2, 0.25) is 0 Å². The third kappa shape index (κ3) is 2.53. The van der Waals surface area contributed by atoms with Crippen LogP contribution >= 0.6 is 0 Å². The molecule has 0 aromatic carbocycles. The lowest BCUT2D eigenvalue weighted by atomic mass is 10.2. The van der Waals surface area contributed by atoms with Crippen molar-refractivity contribution in [2.75, 3.05) is 0 Å². The van der Waals surface area contributed by atoms with Gasteiger partial charge in [0, 0.05) is 29.6 Å². The summed E-state index contributed by atoms with van der Waals surface area (Å²) in [6.07, 6.45) is 7.73. The lowest BCUT2D eigenvalue weighted by molar-refractivity contribution is -0.113. The summed E-state index contributed by atoms with van der Waals surface area (Å²) >= 11 is 0. The number of carbonyl (C=O) groups is 1. The zero-order chi connectivity index (χ0) is 15.5. The molecule has 0 aliphatic rings. The number of hydrogen-bond donors (Lipinski definition) is 2. The number of rotatable bonds is 3. The fraction of sp³-hybridized carbons (Fsp3) is 0. The van der Waals surface area contributed by atoms with Gasteiger partial charge in [-0.1, -0.05) is 0 Å². The van der Waals surface area contributed by atoms with Gasteiger partial charge >= 0.3 is 0 Å². The summed E-state index contributed by atoms with van der Waals surface area (Å²) in [6, 6.07) is 5.34. The summed E-state index contributed by atoms with van der Waals surface area (Å²) in [5, 5.41) is 8.76. The molecule has 3 rings (SSSR count). The number of carbonyl (C=O) groups excluding carboxylic acids is 1. The van der Waals surface area contributed by atoms with Gasteiger partial charge in [-0.15, -0.1) is 0 Å². The first kappa shape index (κ1) is 13.5. The summed E-state index contributed by atoms with van der Waals surface area (Å²) < 4.78 is 0. The average Bonchev–Trinajstić information content (AvgIpc) is 2.95. The Kier molecular flexibility index (Phi) is 3.34. The largest absolute Gasteiger partial charge is 0.366 e. The van der Waals surface area contributed by atoms with Crippen molar-refractivity contribution < 1.29 is 4.79 Å².